The highest BCUT2D eigenvalue weighted by Gasteiger charge is 2.02. The minimum Gasteiger partial charge on any atom is -0.396 e. The fourth-order valence-corrected chi connectivity index (χ4v) is 1.40. The van der Waals surface area contributed by atoms with E-state index in [0.717, 1.165) is 12.0 Å². The number of benzene rings is 1. The molecule has 0 unspecified atom stereocenters. The Kier molecular flexibility index (Phi) is 4.72. The van der Waals surface area contributed by atoms with Crippen LogP contribution in [0.25, 0.3) is 0 Å². The lowest BCUT2D eigenvalue weighted by Gasteiger charge is -2.12. The normalized spacial score (nSPS) is 12.8. The minimum absolute atomic E-state index is 0.165. The number of halogens is 1. The Hall–Kier alpha value is -0.930. The quantitative estimate of drug-likeness (QED) is 0.780. The third-order valence-corrected chi connectivity index (χ3v) is 2.44. The van der Waals surface area contributed by atoms with E-state index in [9.17, 15) is 4.39 Å². The molecule has 0 bridgehead atoms. The molecule has 1 aromatic carbocycles. The third-order valence-electron chi connectivity index (χ3n) is 2.44. The van der Waals surface area contributed by atoms with E-state index in [-0.39, 0.29) is 18.5 Å². The number of hydrogen-bond donors (Lipinski definition) is 2. The van der Waals surface area contributed by atoms with Crippen molar-refractivity contribution in [1.29, 1.82) is 0 Å². The lowest BCUT2D eigenvalue weighted by atomic mass is 10.1. The molecule has 1 atom stereocenters. The first-order valence-corrected chi connectivity index (χ1v) is 5.22. The van der Waals surface area contributed by atoms with Crippen LogP contribution in [-0.4, -0.2) is 17.8 Å². The van der Waals surface area contributed by atoms with Crippen molar-refractivity contribution in [2.24, 2.45) is 0 Å². The second-order valence-electron chi connectivity index (χ2n) is 3.88. The predicted molar refractivity (Wildman–Crippen MR) is 59.1 cm³/mol. The van der Waals surface area contributed by atoms with Crippen molar-refractivity contribution in [3.05, 3.63) is 35.1 Å². The van der Waals surface area contributed by atoms with Gasteiger partial charge in [-0.1, -0.05) is 12.1 Å². The van der Waals surface area contributed by atoms with Gasteiger partial charge in [-0.25, -0.2) is 4.39 Å². The van der Waals surface area contributed by atoms with E-state index in [2.05, 4.69) is 5.32 Å². The Bertz CT molecular complexity index is 314. The second kappa shape index (κ2) is 5.83. The molecule has 84 valence electrons. The smallest absolute Gasteiger partial charge is 0.126 e. The SMILES string of the molecule is Cc1cc(CN[C@H](C)CCO)ccc1F. The van der Waals surface area contributed by atoms with Crippen LogP contribution >= 0.6 is 0 Å². The highest BCUT2D eigenvalue weighted by Crippen LogP contribution is 2.09. The standard InChI is InChI=1S/C12H18FNO/c1-9-7-11(3-4-12(9)13)8-14-10(2)5-6-15/h3-4,7,10,14-15H,5-6,8H2,1-2H3/t10-/m1/s1. The Morgan fingerprint density at radius 3 is 2.80 bits per heavy atom. The van der Waals surface area contributed by atoms with Gasteiger partial charge in [0.2, 0.25) is 0 Å². The van der Waals surface area contributed by atoms with E-state index < -0.39 is 0 Å². The van der Waals surface area contributed by atoms with Crippen molar-refractivity contribution in [2.45, 2.75) is 32.9 Å². The molecule has 3 heteroatoms. The maximum atomic E-state index is 13.0. The van der Waals surface area contributed by atoms with Crippen LogP contribution in [0.3, 0.4) is 0 Å². The highest BCUT2D eigenvalue weighted by atomic mass is 19.1. The number of rotatable bonds is 5. The van der Waals surface area contributed by atoms with Crippen molar-refractivity contribution in [1.82, 2.24) is 5.32 Å². The fourth-order valence-electron chi connectivity index (χ4n) is 1.40. The van der Waals surface area contributed by atoms with Gasteiger partial charge in [0.15, 0.2) is 0 Å². The van der Waals surface area contributed by atoms with E-state index in [0.29, 0.717) is 12.1 Å². The number of aliphatic hydroxyl groups excluding tert-OH is 1. The molecule has 0 aliphatic heterocycles. The van der Waals surface area contributed by atoms with Crippen LogP contribution in [-0.2, 0) is 6.54 Å². The molecule has 0 amide bonds. The molecule has 1 aromatic rings. The van der Waals surface area contributed by atoms with Gasteiger partial charge in [-0.3, -0.25) is 0 Å². The van der Waals surface area contributed by atoms with Gasteiger partial charge < -0.3 is 10.4 Å². The number of aliphatic hydroxyl groups is 1. The molecule has 0 aliphatic rings. The summed E-state index contributed by atoms with van der Waals surface area (Å²) in [4.78, 5) is 0. The largest absolute Gasteiger partial charge is 0.396 e. The number of hydrogen-bond acceptors (Lipinski definition) is 2. The monoisotopic (exact) mass is 211 g/mol. The molecule has 0 spiro atoms. The Balaban J connectivity index is 2.47. The summed E-state index contributed by atoms with van der Waals surface area (Å²) in [5.74, 6) is -0.165. The first-order valence-electron chi connectivity index (χ1n) is 5.22. The molecule has 15 heavy (non-hydrogen) atoms. The van der Waals surface area contributed by atoms with Crippen molar-refractivity contribution < 1.29 is 9.50 Å². The van der Waals surface area contributed by atoms with Crippen LogP contribution in [0, 0.1) is 12.7 Å². The van der Waals surface area contributed by atoms with Crippen molar-refractivity contribution >= 4 is 0 Å². The molecule has 0 saturated carbocycles. The van der Waals surface area contributed by atoms with Gasteiger partial charge in [0.05, 0.1) is 0 Å². The molecule has 0 radical (unpaired) electrons. The average Bonchev–Trinajstić information content (AvgIpc) is 2.20. The summed E-state index contributed by atoms with van der Waals surface area (Å²) in [6.45, 7) is 4.68. The molecular formula is C12H18FNO. The molecule has 0 saturated heterocycles. The predicted octanol–water partition coefficient (Wildman–Crippen LogP) is 1.99. The molecule has 0 fully saturated rings. The van der Waals surface area contributed by atoms with Crippen LogP contribution in [0.5, 0.6) is 0 Å². The van der Waals surface area contributed by atoms with Crippen LogP contribution in [0.1, 0.15) is 24.5 Å². The Morgan fingerprint density at radius 1 is 1.47 bits per heavy atom. The Morgan fingerprint density at radius 2 is 2.20 bits per heavy atom. The summed E-state index contributed by atoms with van der Waals surface area (Å²) in [5, 5.41) is 12.0. The van der Waals surface area contributed by atoms with E-state index in [1.54, 1.807) is 13.0 Å². The first kappa shape index (κ1) is 12.1. The van der Waals surface area contributed by atoms with E-state index >= 15 is 0 Å². The third kappa shape index (κ3) is 3.98. The van der Waals surface area contributed by atoms with Gasteiger partial charge in [-0.15, -0.1) is 0 Å². The van der Waals surface area contributed by atoms with E-state index in [1.807, 2.05) is 13.0 Å². The summed E-state index contributed by atoms with van der Waals surface area (Å²) in [6.07, 6.45) is 0.736. The summed E-state index contributed by atoms with van der Waals surface area (Å²) < 4.78 is 13.0. The molecule has 0 heterocycles. The van der Waals surface area contributed by atoms with Gasteiger partial charge in [0, 0.05) is 19.2 Å². The molecule has 0 aromatic heterocycles. The summed E-state index contributed by atoms with van der Waals surface area (Å²) in [7, 11) is 0. The topological polar surface area (TPSA) is 32.3 Å². The maximum Gasteiger partial charge on any atom is 0.126 e. The van der Waals surface area contributed by atoms with E-state index in [1.165, 1.54) is 6.07 Å². The van der Waals surface area contributed by atoms with Gasteiger partial charge in [-0.2, -0.15) is 0 Å². The van der Waals surface area contributed by atoms with Crippen molar-refractivity contribution in [3.63, 3.8) is 0 Å². The first-order chi connectivity index (χ1) is 7.13. The molecule has 2 N–H and O–H groups in total. The van der Waals surface area contributed by atoms with Crippen molar-refractivity contribution in [2.75, 3.05) is 6.61 Å². The fraction of sp³-hybridized carbons (Fsp3) is 0.500. The second-order valence-corrected chi connectivity index (χ2v) is 3.88. The van der Waals surface area contributed by atoms with Gasteiger partial charge in [-0.05, 0) is 37.5 Å². The van der Waals surface area contributed by atoms with Crippen LogP contribution in [0.15, 0.2) is 18.2 Å². The van der Waals surface area contributed by atoms with Crippen molar-refractivity contribution in [3.8, 4) is 0 Å². The summed E-state index contributed by atoms with van der Waals surface area (Å²) >= 11 is 0. The van der Waals surface area contributed by atoms with Crippen LogP contribution < -0.4 is 5.32 Å². The van der Waals surface area contributed by atoms with Gasteiger partial charge >= 0.3 is 0 Å². The number of nitrogens with one attached hydrogen (secondary N) is 1. The zero-order valence-corrected chi connectivity index (χ0v) is 9.26. The van der Waals surface area contributed by atoms with Gasteiger partial charge in [0.1, 0.15) is 5.82 Å². The molecule has 0 aliphatic carbocycles. The minimum atomic E-state index is -0.165. The van der Waals surface area contributed by atoms with E-state index in [4.69, 9.17) is 5.11 Å². The van der Waals surface area contributed by atoms with Crippen LogP contribution in [0.2, 0.25) is 0 Å². The summed E-state index contributed by atoms with van der Waals surface area (Å²) in [6, 6.07) is 5.39. The zero-order valence-electron chi connectivity index (χ0n) is 9.26. The molecule has 2 nitrogen and oxygen atoms in total. The lowest BCUT2D eigenvalue weighted by molar-refractivity contribution is 0.268. The average molecular weight is 211 g/mol. The highest BCUT2D eigenvalue weighted by molar-refractivity contribution is 5.23. The lowest BCUT2D eigenvalue weighted by Crippen LogP contribution is -2.26. The maximum absolute atomic E-state index is 13.0. The van der Waals surface area contributed by atoms with Crippen LogP contribution in [0.4, 0.5) is 4.39 Å². The number of aryl methyl sites for hydroxylation is 1. The summed E-state index contributed by atoms with van der Waals surface area (Å²) in [5.41, 5.74) is 1.74. The molecule has 1 rings (SSSR count). The van der Waals surface area contributed by atoms with Gasteiger partial charge in [0.25, 0.3) is 0 Å². The molecular weight excluding hydrogens is 193 g/mol. The zero-order chi connectivity index (χ0) is 11.3. The Labute approximate surface area is 90.1 Å².